The van der Waals surface area contributed by atoms with Crippen LogP contribution in [0.1, 0.15) is 50.0 Å². The number of hydrogen-bond donors (Lipinski definition) is 1. The van der Waals surface area contributed by atoms with Crippen molar-refractivity contribution < 1.29 is 14.3 Å². The van der Waals surface area contributed by atoms with E-state index in [1.807, 2.05) is 60.7 Å². The van der Waals surface area contributed by atoms with Crippen molar-refractivity contribution >= 4 is 0 Å². The second-order valence-electron chi connectivity index (χ2n) is 12.6. The number of benzene rings is 3. The molecule has 3 aliphatic carbocycles. The molecule has 0 amide bonds. The van der Waals surface area contributed by atoms with E-state index >= 15 is 0 Å². The van der Waals surface area contributed by atoms with Gasteiger partial charge in [0.1, 0.15) is 5.75 Å². The quantitative estimate of drug-likeness (QED) is 0.289. The Morgan fingerprint density at radius 3 is 1.95 bits per heavy atom. The fraction of sp³-hybridized carbons (Fsp3) is 0.429. The zero-order chi connectivity index (χ0) is 26.6. The van der Waals surface area contributed by atoms with E-state index in [9.17, 15) is 5.11 Å². The Morgan fingerprint density at radius 2 is 1.20 bits per heavy atom. The SMILES string of the molecule is Oc1c(-c2ccccc2-c2nnc(-c3ccccc3)o2)cccc1C1CC2CCC3COCC4CCC(C1)C2C34. The number of nitrogens with zero attached hydrogens (tertiary/aromatic N) is 2. The third kappa shape index (κ3) is 4.01. The third-order valence-electron chi connectivity index (χ3n) is 10.7. The van der Waals surface area contributed by atoms with E-state index in [1.165, 1.54) is 38.5 Å². The average Bonchev–Trinajstić information content (AvgIpc) is 3.51. The lowest BCUT2D eigenvalue weighted by atomic mass is 9.49. The minimum atomic E-state index is 0.402. The van der Waals surface area contributed by atoms with Crippen molar-refractivity contribution in [1.82, 2.24) is 10.2 Å². The molecule has 1 aliphatic heterocycles. The predicted octanol–water partition coefficient (Wildman–Crippen LogP) is 7.97. The van der Waals surface area contributed by atoms with Crippen LogP contribution in [0.15, 0.2) is 77.2 Å². The van der Waals surface area contributed by atoms with Crippen LogP contribution in [0.3, 0.4) is 0 Å². The molecule has 204 valence electrons. The molecule has 2 heterocycles. The summed E-state index contributed by atoms with van der Waals surface area (Å²) in [6.07, 6.45) is 7.66. The fourth-order valence-electron chi connectivity index (χ4n) is 9.09. The summed E-state index contributed by atoms with van der Waals surface area (Å²) in [7, 11) is 0. The van der Waals surface area contributed by atoms with Crippen LogP contribution in [0.2, 0.25) is 0 Å². The molecule has 0 bridgehead atoms. The fourth-order valence-corrected chi connectivity index (χ4v) is 9.09. The van der Waals surface area contributed by atoms with Crippen LogP contribution in [0.4, 0.5) is 0 Å². The Morgan fingerprint density at radius 1 is 0.600 bits per heavy atom. The van der Waals surface area contributed by atoms with Gasteiger partial charge in [-0.3, -0.25) is 0 Å². The molecule has 3 saturated carbocycles. The summed E-state index contributed by atoms with van der Waals surface area (Å²) >= 11 is 0. The Balaban J connectivity index is 1.11. The molecule has 0 radical (unpaired) electrons. The van der Waals surface area contributed by atoms with Crippen LogP contribution in [-0.2, 0) is 4.74 Å². The first kappa shape index (κ1) is 24.4. The van der Waals surface area contributed by atoms with Crippen molar-refractivity contribution in [1.29, 1.82) is 0 Å². The van der Waals surface area contributed by atoms with Gasteiger partial charge in [0.25, 0.3) is 0 Å². The zero-order valence-corrected chi connectivity index (χ0v) is 22.8. The highest BCUT2D eigenvalue weighted by Crippen LogP contribution is 2.60. The van der Waals surface area contributed by atoms with Gasteiger partial charge in [-0.1, -0.05) is 54.6 Å². The molecule has 0 spiro atoms. The molecule has 1 N–H and O–H groups in total. The van der Waals surface area contributed by atoms with Crippen molar-refractivity contribution in [3.63, 3.8) is 0 Å². The lowest BCUT2D eigenvalue weighted by Gasteiger charge is -2.58. The minimum absolute atomic E-state index is 0.402. The van der Waals surface area contributed by atoms with Gasteiger partial charge >= 0.3 is 0 Å². The molecule has 8 rings (SSSR count). The Labute approximate surface area is 235 Å². The zero-order valence-electron chi connectivity index (χ0n) is 22.8. The molecule has 4 atom stereocenters. The molecule has 3 aromatic carbocycles. The average molecular weight is 533 g/mol. The van der Waals surface area contributed by atoms with Gasteiger partial charge in [0, 0.05) is 29.9 Å². The van der Waals surface area contributed by atoms with Gasteiger partial charge in [0.05, 0.1) is 0 Å². The molecule has 4 fully saturated rings. The minimum Gasteiger partial charge on any atom is -0.507 e. The lowest BCUT2D eigenvalue weighted by molar-refractivity contribution is -0.137. The summed E-state index contributed by atoms with van der Waals surface area (Å²) in [6, 6.07) is 24.2. The van der Waals surface area contributed by atoms with Gasteiger partial charge in [-0.2, -0.15) is 0 Å². The highest BCUT2D eigenvalue weighted by molar-refractivity contribution is 5.84. The number of rotatable bonds is 4. The van der Waals surface area contributed by atoms with E-state index in [1.54, 1.807) is 0 Å². The molecular formula is C35H36N2O3. The normalized spacial score (nSPS) is 30.9. The lowest BCUT2D eigenvalue weighted by Crippen LogP contribution is -2.53. The molecule has 4 aliphatic rings. The van der Waals surface area contributed by atoms with E-state index in [4.69, 9.17) is 9.15 Å². The highest BCUT2D eigenvalue weighted by atomic mass is 16.5. The standard InChI is InChI=1S/C35H36N2O3/c38-33-27(26-17-22-13-15-24-19-39-20-25-16-14-23(18-26)31(22)32(24)25)11-6-12-29(33)28-9-4-5-10-30(28)35-37-36-34(40-35)21-7-2-1-3-8-21/h1-12,22-26,31-32,38H,13-20H2. The maximum atomic E-state index is 11.8. The van der Waals surface area contributed by atoms with Crippen molar-refractivity contribution in [2.24, 2.45) is 35.5 Å². The van der Waals surface area contributed by atoms with E-state index < -0.39 is 0 Å². The van der Waals surface area contributed by atoms with Crippen LogP contribution in [0, 0.1) is 35.5 Å². The largest absolute Gasteiger partial charge is 0.507 e. The van der Waals surface area contributed by atoms with Crippen LogP contribution >= 0.6 is 0 Å². The van der Waals surface area contributed by atoms with Crippen molar-refractivity contribution in [2.45, 2.75) is 44.4 Å². The number of para-hydroxylation sites is 1. The van der Waals surface area contributed by atoms with Crippen molar-refractivity contribution in [3.8, 4) is 39.8 Å². The number of phenols is 1. The van der Waals surface area contributed by atoms with Gasteiger partial charge in [-0.25, -0.2) is 0 Å². The Kier molecular flexibility index (Phi) is 6.02. The third-order valence-corrected chi connectivity index (χ3v) is 10.7. The number of phenolic OH excluding ortho intramolecular Hbond substituents is 1. The summed E-state index contributed by atoms with van der Waals surface area (Å²) in [5, 5.41) is 20.5. The van der Waals surface area contributed by atoms with Gasteiger partial charge < -0.3 is 14.3 Å². The van der Waals surface area contributed by atoms with E-state index in [2.05, 4.69) is 22.3 Å². The molecule has 4 unspecified atom stereocenters. The summed E-state index contributed by atoms with van der Waals surface area (Å²) in [5.74, 6) is 6.61. The molecule has 5 nitrogen and oxygen atoms in total. The number of hydrogen-bond acceptors (Lipinski definition) is 5. The maximum Gasteiger partial charge on any atom is 0.248 e. The van der Waals surface area contributed by atoms with E-state index in [-0.39, 0.29) is 0 Å². The van der Waals surface area contributed by atoms with Gasteiger partial charge in [0.15, 0.2) is 0 Å². The van der Waals surface area contributed by atoms with E-state index in [0.29, 0.717) is 23.4 Å². The Bertz CT molecular complexity index is 1490. The summed E-state index contributed by atoms with van der Waals surface area (Å²) in [5.41, 5.74) is 4.60. The molecule has 1 saturated heterocycles. The molecule has 1 aromatic heterocycles. The highest BCUT2D eigenvalue weighted by Gasteiger charge is 2.53. The molecule has 5 heteroatoms. The number of ether oxygens (including phenoxy) is 1. The first-order valence-corrected chi connectivity index (χ1v) is 15.1. The summed E-state index contributed by atoms with van der Waals surface area (Å²) < 4.78 is 12.2. The monoisotopic (exact) mass is 532 g/mol. The maximum absolute atomic E-state index is 11.8. The predicted molar refractivity (Wildman–Crippen MR) is 154 cm³/mol. The van der Waals surface area contributed by atoms with Crippen molar-refractivity contribution in [2.75, 3.05) is 13.2 Å². The number of aromatic hydroxyl groups is 1. The van der Waals surface area contributed by atoms with Gasteiger partial charge in [-0.05, 0) is 109 Å². The summed E-state index contributed by atoms with van der Waals surface area (Å²) in [4.78, 5) is 0. The smallest absolute Gasteiger partial charge is 0.248 e. The second kappa shape index (κ2) is 9.88. The molecule has 40 heavy (non-hydrogen) atoms. The Hall–Kier alpha value is -3.44. The van der Waals surface area contributed by atoms with Gasteiger partial charge in [-0.15, -0.1) is 10.2 Å². The van der Waals surface area contributed by atoms with Crippen LogP contribution in [0.25, 0.3) is 34.0 Å². The molecule has 4 aromatic rings. The second-order valence-corrected chi connectivity index (χ2v) is 12.6. The summed E-state index contributed by atoms with van der Waals surface area (Å²) in [6.45, 7) is 1.96. The topological polar surface area (TPSA) is 68.4 Å². The first-order chi connectivity index (χ1) is 19.7. The van der Waals surface area contributed by atoms with Crippen LogP contribution in [-0.4, -0.2) is 28.5 Å². The van der Waals surface area contributed by atoms with Crippen molar-refractivity contribution in [3.05, 3.63) is 78.4 Å². The van der Waals surface area contributed by atoms with Gasteiger partial charge in [0.2, 0.25) is 11.8 Å². The number of aromatic nitrogens is 2. The van der Waals surface area contributed by atoms with E-state index in [0.717, 1.165) is 76.5 Å². The van der Waals surface area contributed by atoms with Crippen LogP contribution in [0.5, 0.6) is 5.75 Å². The van der Waals surface area contributed by atoms with Crippen LogP contribution < -0.4 is 0 Å². The molecular weight excluding hydrogens is 496 g/mol. The first-order valence-electron chi connectivity index (χ1n) is 15.1.